The smallest absolute Gasteiger partial charge is 0.320 e. The molecule has 0 saturated carbocycles. The molecule has 1 atom stereocenters. The van der Waals surface area contributed by atoms with Crippen molar-refractivity contribution in [2.24, 2.45) is 0 Å². The summed E-state index contributed by atoms with van der Waals surface area (Å²) in [6, 6.07) is 5.67. The number of nitriles is 1. The van der Waals surface area contributed by atoms with Crippen molar-refractivity contribution in [2.45, 2.75) is 38.3 Å². The number of hydrogen-bond acceptors (Lipinski definition) is 3. The largest absolute Gasteiger partial charge is 0.480 e. The third kappa shape index (κ3) is 3.34. The number of aliphatic carboxylic acids is 1. The molecule has 1 aromatic rings. The van der Waals surface area contributed by atoms with Crippen LogP contribution in [0.4, 0.5) is 4.39 Å². The van der Waals surface area contributed by atoms with Crippen molar-refractivity contribution in [1.29, 1.82) is 5.26 Å². The van der Waals surface area contributed by atoms with Crippen molar-refractivity contribution in [3.8, 4) is 6.07 Å². The molecule has 0 bridgehead atoms. The Morgan fingerprint density at radius 2 is 2.25 bits per heavy atom. The van der Waals surface area contributed by atoms with Crippen LogP contribution in [0.15, 0.2) is 18.2 Å². The molecule has 0 spiro atoms. The van der Waals surface area contributed by atoms with Gasteiger partial charge in [0.15, 0.2) is 0 Å². The average Bonchev–Trinajstić information content (AvgIpc) is 2.66. The molecule has 106 valence electrons. The number of halogens is 1. The summed E-state index contributed by atoms with van der Waals surface area (Å²) >= 11 is 0. The first kappa shape index (κ1) is 14.5. The van der Waals surface area contributed by atoms with Gasteiger partial charge in [0, 0.05) is 12.1 Å². The van der Waals surface area contributed by atoms with Crippen LogP contribution >= 0.6 is 0 Å². The van der Waals surface area contributed by atoms with Crippen LogP contribution in [0.3, 0.4) is 0 Å². The van der Waals surface area contributed by atoms with Crippen molar-refractivity contribution >= 4 is 5.97 Å². The summed E-state index contributed by atoms with van der Waals surface area (Å²) in [6.07, 6.45) is 3.44. The molecule has 1 aliphatic rings. The lowest BCUT2D eigenvalue weighted by Crippen LogP contribution is -2.40. The van der Waals surface area contributed by atoms with E-state index in [1.807, 2.05) is 11.0 Å². The normalized spacial score (nSPS) is 20.1. The van der Waals surface area contributed by atoms with Crippen LogP contribution in [0, 0.1) is 17.1 Å². The molecular formula is C15H17FN2O2. The van der Waals surface area contributed by atoms with Crippen molar-refractivity contribution < 1.29 is 14.3 Å². The quantitative estimate of drug-likeness (QED) is 0.921. The van der Waals surface area contributed by atoms with Gasteiger partial charge in [-0.25, -0.2) is 4.39 Å². The summed E-state index contributed by atoms with van der Waals surface area (Å²) in [5.74, 6) is -1.29. The van der Waals surface area contributed by atoms with E-state index in [2.05, 4.69) is 0 Å². The monoisotopic (exact) mass is 276 g/mol. The van der Waals surface area contributed by atoms with Gasteiger partial charge >= 0.3 is 5.97 Å². The predicted molar refractivity (Wildman–Crippen MR) is 71.4 cm³/mol. The van der Waals surface area contributed by atoms with Crippen LogP contribution < -0.4 is 0 Å². The lowest BCUT2D eigenvalue weighted by Gasteiger charge is -2.26. The van der Waals surface area contributed by atoms with E-state index in [1.54, 1.807) is 12.1 Å². The van der Waals surface area contributed by atoms with E-state index in [-0.39, 0.29) is 12.1 Å². The summed E-state index contributed by atoms with van der Waals surface area (Å²) in [4.78, 5) is 13.1. The first-order valence-corrected chi connectivity index (χ1v) is 6.77. The Morgan fingerprint density at radius 3 is 2.90 bits per heavy atom. The van der Waals surface area contributed by atoms with E-state index in [0.717, 1.165) is 19.3 Å². The highest BCUT2D eigenvalue weighted by molar-refractivity contribution is 5.73. The Balaban J connectivity index is 2.18. The lowest BCUT2D eigenvalue weighted by atomic mass is 10.1. The van der Waals surface area contributed by atoms with Gasteiger partial charge in [-0.1, -0.05) is 18.9 Å². The fraction of sp³-hybridized carbons (Fsp3) is 0.467. The summed E-state index contributed by atoms with van der Waals surface area (Å²) in [5.41, 5.74) is 0.717. The number of likely N-dealkylation sites (tertiary alicyclic amines) is 1. The Morgan fingerprint density at radius 1 is 1.45 bits per heavy atom. The van der Waals surface area contributed by atoms with E-state index in [9.17, 15) is 14.3 Å². The minimum Gasteiger partial charge on any atom is -0.480 e. The van der Waals surface area contributed by atoms with Gasteiger partial charge in [-0.15, -0.1) is 0 Å². The number of benzene rings is 1. The number of carboxylic acid groups (broad SMARTS) is 1. The van der Waals surface area contributed by atoms with Crippen molar-refractivity contribution in [2.75, 3.05) is 6.54 Å². The predicted octanol–water partition coefficient (Wildman–Crippen LogP) is 2.53. The maximum Gasteiger partial charge on any atom is 0.320 e. The SMILES string of the molecule is N#Cc1ccc(CN2CCCCCC2C(=O)O)c(F)c1. The van der Waals surface area contributed by atoms with E-state index in [4.69, 9.17) is 5.26 Å². The molecule has 1 unspecified atom stereocenters. The number of nitrogens with zero attached hydrogens (tertiary/aromatic N) is 2. The summed E-state index contributed by atoms with van der Waals surface area (Å²) in [6.45, 7) is 0.935. The van der Waals surface area contributed by atoms with Gasteiger partial charge in [0.25, 0.3) is 0 Å². The minimum atomic E-state index is -0.846. The van der Waals surface area contributed by atoms with Gasteiger partial charge in [-0.2, -0.15) is 5.26 Å². The van der Waals surface area contributed by atoms with Crippen LogP contribution in [-0.4, -0.2) is 28.6 Å². The third-order valence-electron chi connectivity index (χ3n) is 3.70. The first-order chi connectivity index (χ1) is 9.61. The summed E-state index contributed by atoms with van der Waals surface area (Å²) in [5, 5.41) is 18.0. The van der Waals surface area contributed by atoms with E-state index < -0.39 is 17.8 Å². The molecule has 4 nitrogen and oxygen atoms in total. The highest BCUT2D eigenvalue weighted by Gasteiger charge is 2.27. The Kier molecular flexibility index (Phi) is 4.70. The molecule has 1 aliphatic heterocycles. The molecule has 1 N–H and O–H groups in total. The second-order valence-electron chi connectivity index (χ2n) is 5.09. The molecule has 5 heteroatoms. The second kappa shape index (κ2) is 6.49. The van der Waals surface area contributed by atoms with Crippen LogP contribution in [0.25, 0.3) is 0 Å². The summed E-state index contributed by atoms with van der Waals surface area (Å²) < 4.78 is 13.9. The highest BCUT2D eigenvalue weighted by Crippen LogP contribution is 2.21. The zero-order valence-electron chi connectivity index (χ0n) is 11.2. The molecule has 0 amide bonds. The molecule has 1 heterocycles. The zero-order chi connectivity index (χ0) is 14.5. The van der Waals surface area contributed by atoms with Crippen LogP contribution in [0.1, 0.15) is 36.8 Å². The van der Waals surface area contributed by atoms with E-state index in [1.165, 1.54) is 6.07 Å². The van der Waals surface area contributed by atoms with Crippen molar-refractivity contribution in [3.05, 3.63) is 35.1 Å². The van der Waals surface area contributed by atoms with Crippen molar-refractivity contribution in [1.82, 2.24) is 4.90 Å². The molecule has 20 heavy (non-hydrogen) atoms. The number of rotatable bonds is 3. The second-order valence-corrected chi connectivity index (χ2v) is 5.09. The fourth-order valence-electron chi connectivity index (χ4n) is 2.60. The Hall–Kier alpha value is -1.93. The topological polar surface area (TPSA) is 64.3 Å². The standard InChI is InChI=1S/C15H17FN2O2/c16-13-8-11(9-17)5-6-12(13)10-18-7-3-1-2-4-14(18)15(19)20/h5-6,8,14H,1-4,7,10H2,(H,19,20). The van der Waals surface area contributed by atoms with Gasteiger partial charge < -0.3 is 5.11 Å². The van der Waals surface area contributed by atoms with Gasteiger partial charge in [-0.3, -0.25) is 9.69 Å². The maximum absolute atomic E-state index is 13.9. The molecule has 1 aromatic carbocycles. The minimum absolute atomic E-state index is 0.272. The van der Waals surface area contributed by atoms with E-state index >= 15 is 0 Å². The maximum atomic E-state index is 13.9. The van der Waals surface area contributed by atoms with Crippen LogP contribution in [0.5, 0.6) is 0 Å². The van der Waals surface area contributed by atoms with E-state index in [0.29, 0.717) is 18.5 Å². The van der Waals surface area contributed by atoms with Crippen molar-refractivity contribution in [3.63, 3.8) is 0 Å². The average molecular weight is 276 g/mol. The lowest BCUT2D eigenvalue weighted by molar-refractivity contribution is -0.143. The van der Waals surface area contributed by atoms with Gasteiger partial charge in [-0.05, 0) is 31.5 Å². The van der Waals surface area contributed by atoms with Crippen LogP contribution in [0.2, 0.25) is 0 Å². The molecule has 1 saturated heterocycles. The first-order valence-electron chi connectivity index (χ1n) is 6.77. The Bertz CT molecular complexity index is 539. The fourth-order valence-corrected chi connectivity index (χ4v) is 2.60. The molecule has 0 aromatic heterocycles. The van der Waals surface area contributed by atoms with Gasteiger partial charge in [0.1, 0.15) is 11.9 Å². The Labute approximate surface area is 117 Å². The third-order valence-corrected chi connectivity index (χ3v) is 3.70. The van der Waals surface area contributed by atoms with Gasteiger partial charge in [0.2, 0.25) is 0 Å². The molecular weight excluding hydrogens is 259 g/mol. The number of hydrogen-bond donors (Lipinski definition) is 1. The van der Waals surface area contributed by atoms with Crippen LogP contribution in [-0.2, 0) is 11.3 Å². The summed E-state index contributed by atoms with van der Waals surface area (Å²) in [7, 11) is 0. The molecule has 0 aliphatic carbocycles. The highest BCUT2D eigenvalue weighted by atomic mass is 19.1. The molecule has 0 radical (unpaired) electrons. The number of carboxylic acids is 1. The molecule has 2 rings (SSSR count). The molecule has 1 fully saturated rings. The zero-order valence-corrected chi connectivity index (χ0v) is 11.2. The number of carbonyl (C=O) groups is 1. The van der Waals surface area contributed by atoms with Gasteiger partial charge in [0.05, 0.1) is 11.6 Å².